The molecule has 0 aliphatic carbocycles. The average molecular weight is 385 g/mol. The third-order valence-electron chi connectivity index (χ3n) is 3.78. The molecule has 0 fully saturated rings. The number of hydrogen-bond donors (Lipinski definition) is 1. The van der Waals surface area contributed by atoms with Crippen molar-refractivity contribution in [1.82, 2.24) is 14.6 Å². The second kappa shape index (κ2) is 6.44. The Morgan fingerprint density at radius 1 is 0.923 bits per heavy atom. The van der Waals surface area contributed by atoms with Gasteiger partial charge in [-0.25, -0.2) is 17.7 Å². The first kappa shape index (κ1) is 16.6. The molecule has 0 aliphatic rings. The summed E-state index contributed by atoms with van der Waals surface area (Å²) >= 11 is 5.87. The highest BCUT2D eigenvalue weighted by Gasteiger charge is 2.17. The molecule has 0 saturated heterocycles. The van der Waals surface area contributed by atoms with Crippen molar-refractivity contribution in [2.45, 2.75) is 4.90 Å². The summed E-state index contributed by atoms with van der Waals surface area (Å²) in [5.74, 6) is -0.00446. The van der Waals surface area contributed by atoms with E-state index in [4.69, 9.17) is 11.6 Å². The van der Waals surface area contributed by atoms with Crippen molar-refractivity contribution in [3.8, 4) is 11.1 Å². The van der Waals surface area contributed by atoms with Gasteiger partial charge in [0, 0.05) is 11.2 Å². The lowest BCUT2D eigenvalue weighted by Crippen LogP contribution is -2.14. The van der Waals surface area contributed by atoms with E-state index in [1.807, 2.05) is 42.5 Å². The number of fused-ring (bicyclic) bond motifs is 1. The lowest BCUT2D eigenvalue weighted by molar-refractivity contribution is 0.601. The third kappa shape index (κ3) is 3.26. The minimum Gasteiger partial charge on any atom is -0.246 e. The largest absolute Gasteiger partial charge is 0.264 e. The molecule has 6 nitrogen and oxygen atoms in total. The molecule has 26 heavy (non-hydrogen) atoms. The zero-order valence-electron chi connectivity index (χ0n) is 13.4. The van der Waals surface area contributed by atoms with Gasteiger partial charge in [-0.1, -0.05) is 48.0 Å². The van der Waals surface area contributed by atoms with Gasteiger partial charge in [0.2, 0.25) is 0 Å². The van der Waals surface area contributed by atoms with Gasteiger partial charge in [0.05, 0.1) is 4.90 Å². The van der Waals surface area contributed by atoms with Gasteiger partial charge in [0.1, 0.15) is 0 Å². The number of benzene rings is 2. The maximum Gasteiger partial charge on any atom is 0.264 e. The van der Waals surface area contributed by atoms with Gasteiger partial charge in [-0.2, -0.15) is 4.98 Å². The SMILES string of the molecule is O=S(=O)(Nc1nc2cc(-c3ccccc3)ccn2n1)c1cccc(Cl)c1. The molecule has 2 aromatic carbocycles. The monoisotopic (exact) mass is 384 g/mol. The predicted molar refractivity (Wildman–Crippen MR) is 101 cm³/mol. The first-order chi connectivity index (χ1) is 12.5. The molecule has 0 unspecified atom stereocenters. The van der Waals surface area contributed by atoms with Crippen molar-refractivity contribution in [1.29, 1.82) is 0 Å². The molecular formula is C18H13ClN4O2S. The van der Waals surface area contributed by atoms with Crippen LogP contribution < -0.4 is 4.72 Å². The molecule has 4 aromatic rings. The van der Waals surface area contributed by atoms with E-state index in [-0.39, 0.29) is 10.8 Å². The van der Waals surface area contributed by atoms with E-state index < -0.39 is 10.0 Å². The first-order valence-electron chi connectivity index (χ1n) is 7.71. The lowest BCUT2D eigenvalue weighted by Gasteiger charge is -2.04. The second-order valence-corrected chi connectivity index (χ2v) is 7.70. The fraction of sp³-hybridized carbons (Fsp3) is 0. The summed E-state index contributed by atoms with van der Waals surface area (Å²) < 4.78 is 28.8. The van der Waals surface area contributed by atoms with Gasteiger partial charge in [0.15, 0.2) is 5.65 Å². The predicted octanol–water partition coefficient (Wildman–Crippen LogP) is 3.85. The Kier molecular flexibility index (Phi) is 4.10. The Balaban J connectivity index is 1.68. The van der Waals surface area contributed by atoms with E-state index in [1.165, 1.54) is 16.6 Å². The topological polar surface area (TPSA) is 76.4 Å². The number of aromatic nitrogens is 3. The van der Waals surface area contributed by atoms with Crippen LogP contribution in [0.15, 0.2) is 77.8 Å². The van der Waals surface area contributed by atoms with Gasteiger partial charge in [-0.3, -0.25) is 0 Å². The minimum atomic E-state index is -3.82. The highest BCUT2D eigenvalue weighted by molar-refractivity contribution is 7.92. The average Bonchev–Trinajstić information content (AvgIpc) is 3.03. The summed E-state index contributed by atoms with van der Waals surface area (Å²) in [5, 5.41) is 4.50. The van der Waals surface area contributed by atoms with E-state index in [9.17, 15) is 8.42 Å². The number of halogens is 1. The Labute approximate surface area is 155 Å². The molecule has 8 heteroatoms. The van der Waals surface area contributed by atoms with Crippen molar-refractivity contribution >= 4 is 33.2 Å². The Morgan fingerprint density at radius 3 is 2.50 bits per heavy atom. The van der Waals surface area contributed by atoms with Crippen LogP contribution in [0.3, 0.4) is 0 Å². The summed E-state index contributed by atoms with van der Waals surface area (Å²) in [6.07, 6.45) is 1.74. The number of nitrogens with one attached hydrogen (secondary N) is 1. The van der Waals surface area contributed by atoms with Crippen LogP contribution in [0.5, 0.6) is 0 Å². The van der Waals surface area contributed by atoms with E-state index in [0.717, 1.165) is 11.1 Å². The van der Waals surface area contributed by atoms with E-state index >= 15 is 0 Å². The van der Waals surface area contributed by atoms with Gasteiger partial charge in [-0.05, 0) is 41.5 Å². The van der Waals surface area contributed by atoms with E-state index in [0.29, 0.717) is 10.7 Å². The molecule has 0 aliphatic heterocycles. The molecule has 2 heterocycles. The number of anilines is 1. The summed E-state index contributed by atoms with van der Waals surface area (Å²) in [5.41, 5.74) is 2.55. The van der Waals surface area contributed by atoms with Crippen molar-refractivity contribution < 1.29 is 8.42 Å². The highest BCUT2D eigenvalue weighted by atomic mass is 35.5. The molecule has 0 bridgehead atoms. The van der Waals surface area contributed by atoms with Crippen LogP contribution in [0.4, 0.5) is 5.95 Å². The number of pyridine rings is 1. The number of sulfonamides is 1. The number of hydrogen-bond acceptors (Lipinski definition) is 4. The molecule has 2 aromatic heterocycles. The lowest BCUT2D eigenvalue weighted by atomic mass is 10.1. The van der Waals surface area contributed by atoms with E-state index in [1.54, 1.807) is 18.3 Å². The van der Waals surface area contributed by atoms with Crippen LogP contribution in [0.2, 0.25) is 5.02 Å². The van der Waals surface area contributed by atoms with Gasteiger partial charge < -0.3 is 0 Å². The van der Waals surface area contributed by atoms with Gasteiger partial charge in [0.25, 0.3) is 16.0 Å². The normalized spacial score (nSPS) is 11.6. The van der Waals surface area contributed by atoms with Crippen LogP contribution in [0.1, 0.15) is 0 Å². The zero-order chi connectivity index (χ0) is 18.1. The summed E-state index contributed by atoms with van der Waals surface area (Å²) in [4.78, 5) is 4.31. The first-order valence-corrected chi connectivity index (χ1v) is 9.58. The fourth-order valence-electron chi connectivity index (χ4n) is 2.55. The maximum absolute atomic E-state index is 12.5. The Hall–Kier alpha value is -2.90. The maximum atomic E-state index is 12.5. The molecule has 0 atom stereocenters. The van der Waals surface area contributed by atoms with Crippen LogP contribution in [0, 0.1) is 0 Å². The quantitative estimate of drug-likeness (QED) is 0.579. The van der Waals surface area contributed by atoms with Crippen LogP contribution in [0.25, 0.3) is 16.8 Å². The Bertz CT molecular complexity index is 1190. The Morgan fingerprint density at radius 2 is 1.73 bits per heavy atom. The molecule has 0 spiro atoms. The fourth-order valence-corrected chi connectivity index (χ4v) is 3.79. The molecule has 130 valence electrons. The standard InChI is InChI=1S/C18H13ClN4O2S/c19-15-7-4-8-16(12-15)26(24,25)22-18-20-17-11-14(9-10-23(17)21-18)13-5-2-1-3-6-13/h1-12H,(H,21,22). The minimum absolute atomic E-state index is 0.00446. The second-order valence-electron chi connectivity index (χ2n) is 5.58. The summed E-state index contributed by atoms with van der Waals surface area (Å²) in [7, 11) is -3.82. The number of rotatable bonds is 4. The molecule has 0 amide bonds. The van der Waals surface area contributed by atoms with Crippen molar-refractivity contribution in [2.75, 3.05) is 4.72 Å². The van der Waals surface area contributed by atoms with Gasteiger partial charge >= 0.3 is 0 Å². The number of nitrogens with zero attached hydrogens (tertiary/aromatic N) is 3. The molecule has 4 rings (SSSR count). The van der Waals surface area contributed by atoms with E-state index in [2.05, 4.69) is 14.8 Å². The summed E-state index contributed by atoms with van der Waals surface area (Å²) in [6.45, 7) is 0. The smallest absolute Gasteiger partial charge is 0.246 e. The molecule has 1 N–H and O–H groups in total. The van der Waals surface area contributed by atoms with Crippen molar-refractivity contribution in [2.24, 2.45) is 0 Å². The van der Waals surface area contributed by atoms with Crippen LogP contribution in [-0.4, -0.2) is 23.0 Å². The van der Waals surface area contributed by atoms with Crippen LogP contribution >= 0.6 is 11.6 Å². The molecule has 0 saturated carbocycles. The molecular weight excluding hydrogens is 372 g/mol. The third-order valence-corrected chi connectivity index (χ3v) is 5.34. The van der Waals surface area contributed by atoms with Crippen molar-refractivity contribution in [3.63, 3.8) is 0 Å². The highest BCUT2D eigenvalue weighted by Crippen LogP contribution is 2.22. The summed E-state index contributed by atoms with van der Waals surface area (Å²) in [6, 6.07) is 19.6. The molecule has 0 radical (unpaired) electrons. The zero-order valence-corrected chi connectivity index (χ0v) is 14.9. The van der Waals surface area contributed by atoms with Crippen LogP contribution in [-0.2, 0) is 10.0 Å². The van der Waals surface area contributed by atoms with Crippen molar-refractivity contribution in [3.05, 3.63) is 77.9 Å². The van der Waals surface area contributed by atoms with Gasteiger partial charge in [-0.15, -0.1) is 5.10 Å².